The van der Waals surface area contributed by atoms with Crippen molar-refractivity contribution >= 4 is 24.6 Å². The van der Waals surface area contributed by atoms with Crippen LogP contribution < -0.4 is 5.32 Å². The van der Waals surface area contributed by atoms with Gasteiger partial charge in [-0.3, -0.25) is 4.79 Å². The Bertz CT molecular complexity index is 863. The van der Waals surface area contributed by atoms with Crippen LogP contribution in [-0.2, 0) is 20.5 Å². The molecule has 1 aromatic rings. The molecule has 1 heterocycles. The molecule has 2 aliphatic rings. The van der Waals surface area contributed by atoms with Crippen molar-refractivity contribution in [2.75, 3.05) is 0 Å². The van der Waals surface area contributed by atoms with Crippen molar-refractivity contribution in [2.45, 2.75) is 117 Å². The van der Waals surface area contributed by atoms with Gasteiger partial charge in [-0.2, -0.15) is 0 Å². The van der Waals surface area contributed by atoms with Gasteiger partial charge >= 0.3 is 7.12 Å². The average molecular weight is 490 g/mol. The molecule has 1 saturated carbocycles. The average Bonchev–Trinajstić information content (AvgIpc) is 2.90. The zero-order valence-corrected chi connectivity index (χ0v) is 23.6. The molecule has 3 unspecified atom stereocenters. The lowest BCUT2D eigenvalue weighted by molar-refractivity contribution is -0.145. The minimum Gasteiger partial charge on any atom is -0.403 e. The van der Waals surface area contributed by atoms with Crippen LogP contribution in [0.2, 0.25) is 11.3 Å². The second kappa shape index (κ2) is 9.44. The van der Waals surface area contributed by atoms with Crippen molar-refractivity contribution in [3.05, 3.63) is 34.9 Å². The van der Waals surface area contributed by atoms with Gasteiger partial charge in [-0.15, -0.1) is 0 Å². The maximum absolute atomic E-state index is 13.8. The Morgan fingerprint density at radius 2 is 1.62 bits per heavy atom. The number of carbonyl (C=O) groups is 1. The van der Waals surface area contributed by atoms with Crippen LogP contribution in [0.25, 0.3) is 0 Å². The number of benzene rings is 1. The van der Waals surface area contributed by atoms with E-state index in [1.165, 1.54) is 5.56 Å². The monoisotopic (exact) mass is 489 g/mol. The topological polar surface area (TPSA) is 47.6 Å². The van der Waals surface area contributed by atoms with E-state index in [1.54, 1.807) is 0 Å². The van der Waals surface area contributed by atoms with Crippen molar-refractivity contribution in [2.24, 2.45) is 16.7 Å². The van der Waals surface area contributed by atoms with E-state index < -0.39 is 5.41 Å². The predicted octanol–water partition coefficient (Wildman–Crippen LogP) is 7.09. The Labute approximate surface area is 213 Å². The second-order valence-corrected chi connectivity index (χ2v) is 13.7. The fourth-order valence-corrected chi connectivity index (χ4v) is 5.73. The normalized spacial score (nSPS) is 30.9. The lowest BCUT2D eigenvalue weighted by Gasteiger charge is -2.52. The standard InChI is InChI=1S/C28H45BClNO3/c1-24(2,3)31-23(32)28(9)19-21(15-17-29-33-25(4,5)26(6,7)34-29)14-16-27(28,8)18-20-10-12-22(30)13-11-20/h10-13,21H,14-19H2,1-9H3,(H,31,32). The number of halogens is 1. The smallest absolute Gasteiger partial charge is 0.403 e. The van der Waals surface area contributed by atoms with Crippen LogP contribution in [0, 0.1) is 16.7 Å². The van der Waals surface area contributed by atoms with E-state index in [4.69, 9.17) is 20.9 Å². The van der Waals surface area contributed by atoms with Crippen molar-refractivity contribution in [3.63, 3.8) is 0 Å². The summed E-state index contributed by atoms with van der Waals surface area (Å²) in [6.45, 7) is 19.1. The van der Waals surface area contributed by atoms with E-state index in [1.807, 2.05) is 12.1 Å². The van der Waals surface area contributed by atoms with Gasteiger partial charge in [0.25, 0.3) is 0 Å². The summed E-state index contributed by atoms with van der Waals surface area (Å²) in [7, 11) is -0.179. The summed E-state index contributed by atoms with van der Waals surface area (Å²) in [4.78, 5) is 13.8. The molecule has 1 amide bonds. The third kappa shape index (κ3) is 5.85. The molecule has 0 spiro atoms. The maximum Gasteiger partial charge on any atom is 0.457 e. The molecule has 6 heteroatoms. The predicted molar refractivity (Wildman–Crippen MR) is 142 cm³/mol. The van der Waals surface area contributed by atoms with E-state index in [-0.39, 0.29) is 35.2 Å². The molecule has 1 aromatic carbocycles. The highest BCUT2D eigenvalue weighted by Gasteiger charge is 2.55. The van der Waals surface area contributed by atoms with E-state index in [2.05, 4.69) is 79.8 Å². The lowest BCUT2D eigenvalue weighted by Crippen LogP contribution is -2.57. The first-order chi connectivity index (χ1) is 15.5. The highest BCUT2D eigenvalue weighted by atomic mass is 35.5. The van der Waals surface area contributed by atoms with E-state index in [0.29, 0.717) is 5.92 Å². The lowest BCUT2D eigenvalue weighted by atomic mass is 9.52. The van der Waals surface area contributed by atoms with Crippen LogP contribution >= 0.6 is 11.6 Å². The Morgan fingerprint density at radius 1 is 1.06 bits per heavy atom. The molecule has 0 radical (unpaired) electrons. The molecule has 0 bridgehead atoms. The molecule has 0 aromatic heterocycles. The maximum atomic E-state index is 13.8. The van der Waals surface area contributed by atoms with Gasteiger partial charge in [0.15, 0.2) is 0 Å². The molecule has 1 aliphatic carbocycles. The molecule has 2 fully saturated rings. The third-order valence-corrected chi connectivity index (χ3v) is 9.00. The summed E-state index contributed by atoms with van der Waals surface area (Å²) in [5.74, 6) is 0.629. The van der Waals surface area contributed by atoms with Crippen molar-refractivity contribution in [1.29, 1.82) is 0 Å². The molecule has 4 nitrogen and oxygen atoms in total. The quantitative estimate of drug-likeness (QED) is 0.434. The fraction of sp³-hybridized carbons (Fsp3) is 0.750. The Hall–Kier alpha value is -1.04. The molecular formula is C28H45BClNO3. The minimum absolute atomic E-state index is 0.142. The number of amides is 1. The summed E-state index contributed by atoms with van der Waals surface area (Å²) in [6, 6.07) is 8.09. The first-order valence-corrected chi connectivity index (χ1v) is 13.3. The van der Waals surface area contributed by atoms with Crippen LogP contribution in [-0.4, -0.2) is 29.8 Å². The molecule has 1 aliphatic heterocycles. The van der Waals surface area contributed by atoms with Gasteiger partial charge in [0.05, 0.1) is 16.6 Å². The molecule has 34 heavy (non-hydrogen) atoms. The summed E-state index contributed by atoms with van der Waals surface area (Å²) in [5.41, 5.74) is -0.255. The molecule has 1 saturated heterocycles. The van der Waals surface area contributed by atoms with Crippen LogP contribution in [0.3, 0.4) is 0 Å². The van der Waals surface area contributed by atoms with Crippen LogP contribution in [0.4, 0.5) is 0 Å². The van der Waals surface area contributed by atoms with Gasteiger partial charge in [0, 0.05) is 10.6 Å². The van der Waals surface area contributed by atoms with Gasteiger partial charge in [-0.05, 0) is 109 Å². The van der Waals surface area contributed by atoms with Crippen molar-refractivity contribution < 1.29 is 14.1 Å². The number of hydrogen-bond donors (Lipinski definition) is 1. The minimum atomic E-state index is -0.473. The number of rotatable bonds is 6. The van der Waals surface area contributed by atoms with Gasteiger partial charge in [-0.25, -0.2) is 0 Å². The molecule has 3 atom stereocenters. The molecule has 1 N–H and O–H groups in total. The number of nitrogens with one attached hydrogen (secondary N) is 1. The Balaban J connectivity index is 1.77. The van der Waals surface area contributed by atoms with Gasteiger partial charge in [-0.1, -0.05) is 44.0 Å². The highest BCUT2D eigenvalue weighted by Crippen LogP contribution is 2.55. The van der Waals surface area contributed by atoms with Crippen LogP contribution in [0.15, 0.2) is 24.3 Å². The largest absolute Gasteiger partial charge is 0.457 e. The van der Waals surface area contributed by atoms with Crippen molar-refractivity contribution in [3.8, 4) is 0 Å². The fourth-order valence-electron chi connectivity index (χ4n) is 5.61. The van der Waals surface area contributed by atoms with E-state index in [9.17, 15) is 4.79 Å². The summed E-state index contributed by atoms with van der Waals surface area (Å²) in [5, 5.41) is 4.05. The number of hydrogen-bond acceptors (Lipinski definition) is 3. The highest BCUT2D eigenvalue weighted by molar-refractivity contribution is 6.45. The van der Waals surface area contributed by atoms with E-state index >= 15 is 0 Å². The summed E-state index contributed by atoms with van der Waals surface area (Å²) >= 11 is 6.13. The van der Waals surface area contributed by atoms with Gasteiger partial charge in [0.2, 0.25) is 5.91 Å². The first-order valence-electron chi connectivity index (χ1n) is 12.9. The zero-order chi connectivity index (χ0) is 25.6. The first kappa shape index (κ1) is 27.6. The Kier molecular flexibility index (Phi) is 7.65. The number of carbonyl (C=O) groups excluding carboxylic acids is 1. The van der Waals surface area contributed by atoms with E-state index in [0.717, 1.165) is 43.4 Å². The van der Waals surface area contributed by atoms with Gasteiger partial charge < -0.3 is 14.6 Å². The SMILES string of the molecule is CC(C)(C)NC(=O)C1(C)CC(CCB2OC(C)(C)C(C)(C)O2)CCC1(C)Cc1ccc(Cl)cc1. The zero-order valence-electron chi connectivity index (χ0n) is 22.8. The molecule has 190 valence electrons. The van der Waals surface area contributed by atoms with Crippen molar-refractivity contribution in [1.82, 2.24) is 5.32 Å². The van der Waals surface area contributed by atoms with Crippen LogP contribution in [0.1, 0.15) is 93.6 Å². The summed E-state index contributed by atoms with van der Waals surface area (Å²) < 4.78 is 12.5. The Morgan fingerprint density at radius 3 is 2.15 bits per heavy atom. The third-order valence-electron chi connectivity index (χ3n) is 8.74. The molecular weight excluding hydrogens is 445 g/mol. The second-order valence-electron chi connectivity index (χ2n) is 13.3. The molecule has 3 rings (SSSR count). The van der Waals surface area contributed by atoms with Crippen LogP contribution in [0.5, 0.6) is 0 Å². The van der Waals surface area contributed by atoms with Gasteiger partial charge in [0.1, 0.15) is 0 Å². The summed E-state index contributed by atoms with van der Waals surface area (Å²) in [6.07, 6.45) is 5.73.